The Balaban J connectivity index is 0.000000194. The van der Waals surface area contributed by atoms with Crippen molar-refractivity contribution >= 4 is 14.4 Å². The SMILES string of the molecule is CC1=[C-]C(C)(C)c2cc3c(cc21)-c1cc2c(cc1C3)C(C)(C)C=C2C.CCc1cc(C(C)(C)C)c[cH-]1.Fc1cccc([C](=[Zr+2])c2cccc(F)c2)c1.[Cl-].[Cl-]. The molecule has 0 nitrogen and oxygen atoms in total. The fourth-order valence-corrected chi connectivity index (χ4v) is 8.67. The molecule has 5 heteroatoms. The van der Waals surface area contributed by atoms with Crippen molar-refractivity contribution in [3.05, 3.63) is 170 Å². The zero-order valence-corrected chi connectivity index (χ0v) is 37.1. The van der Waals surface area contributed by atoms with Crippen LogP contribution < -0.4 is 24.8 Å². The van der Waals surface area contributed by atoms with Gasteiger partial charge in [-0.3, -0.25) is 6.08 Å². The predicted molar refractivity (Wildman–Crippen MR) is 213 cm³/mol. The molecule has 54 heavy (non-hydrogen) atoms. The van der Waals surface area contributed by atoms with Crippen molar-refractivity contribution in [1.82, 2.24) is 0 Å². The van der Waals surface area contributed by atoms with Gasteiger partial charge in [0.2, 0.25) is 0 Å². The molecular formula is C49H50Cl2F2Zr-2. The van der Waals surface area contributed by atoms with Gasteiger partial charge in [-0.05, 0) is 58.4 Å². The molecule has 0 saturated carbocycles. The van der Waals surface area contributed by atoms with Gasteiger partial charge in [-0.1, -0.05) is 97.8 Å². The third-order valence-electron chi connectivity index (χ3n) is 10.8. The van der Waals surface area contributed by atoms with Crippen LogP contribution in [0.15, 0.2) is 97.1 Å². The molecule has 0 N–H and O–H groups in total. The van der Waals surface area contributed by atoms with Crippen LogP contribution in [0.2, 0.25) is 0 Å². The summed E-state index contributed by atoms with van der Waals surface area (Å²) in [4.78, 5) is 0. The van der Waals surface area contributed by atoms with E-state index < -0.39 is 0 Å². The molecule has 0 spiro atoms. The molecule has 3 aliphatic carbocycles. The monoisotopic (exact) mass is 836 g/mol. The van der Waals surface area contributed by atoms with E-state index in [0.717, 1.165) is 51.4 Å². The Labute approximate surface area is 349 Å². The van der Waals surface area contributed by atoms with E-state index in [0.29, 0.717) is 5.41 Å². The van der Waals surface area contributed by atoms with Gasteiger partial charge in [0.25, 0.3) is 0 Å². The van der Waals surface area contributed by atoms with E-state index in [2.05, 4.69) is 124 Å². The maximum atomic E-state index is 13.0. The fourth-order valence-electron chi connectivity index (χ4n) is 7.91. The molecular weight excluding hydrogens is 789 g/mol. The minimum atomic E-state index is -0.270. The van der Waals surface area contributed by atoms with Crippen LogP contribution in [0.1, 0.15) is 125 Å². The molecule has 0 radical (unpaired) electrons. The quantitative estimate of drug-likeness (QED) is 0.172. The molecule has 0 heterocycles. The molecule has 3 aliphatic rings. The minimum absolute atomic E-state index is 0. The van der Waals surface area contributed by atoms with Crippen molar-refractivity contribution in [1.29, 1.82) is 0 Å². The Kier molecular flexibility index (Phi) is 13.4. The zero-order chi connectivity index (χ0) is 37.7. The Bertz CT molecular complexity index is 2130. The van der Waals surface area contributed by atoms with Crippen LogP contribution in [0.4, 0.5) is 8.78 Å². The second-order valence-corrected chi connectivity index (χ2v) is 17.9. The average molecular weight is 839 g/mol. The van der Waals surface area contributed by atoms with Crippen LogP contribution in [0, 0.1) is 17.7 Å². The van der Waals surface area contributed by atoms with Gasteiger partial charge in [-0.15, -0.1) is 11.6 Å². The summed E-state index contributed by atoms with van der Waals surface area (Å²) in [7, 11) is 0. The summed E-state index contributed by atoms with van der Waals surface area (Å²) in [6.45, 7) is 22.6. The fraction of sp³-hybridized carbons (Fsp3) is 0.306. The number of halogens is 4. The average Bonchev–Trinajstić information content (AvgIpc) is 3.81. The predicted octanol–water partition coefficient (Wildman–Crippen LogP) is 6.80. The van der Waals surface area contributed by atoms with E-state index in [9.17, 15) is 8.78 Å². The second-order valence-electron chi connectivity index (χ2n) is 16.7. The normalized spacial score (nSPS) is 15.0. The van der Waals surface area contributed by atoms with Crippen LogP contribution >= 0.6 is 0 Å². The van der Waals surface area contributed by atoms with Crippen molar-refractivity contribution in [2.45, 2.75) is 98.3 Å². The minimum Gasteiger partial charge on any atom is -1.00 e. The molecule has 0 aromatic heterocycles. The second kappa shape index (κ2) is 16.6. The maximum absolute atomic E-state index is 13.0. The van der Waals surface area contributed by atoms with Gasteiger partial charge in [0.05, 0.1) is 0 Å². The van der Waals surface area contributed by atoms with Gasteiger partial charge < -0.3 is 24.8 Å². The van der Waals surface area contributed by atoms with E-state index in [1.165, 1.54) is 91.0 Å². The molecule has 0 bridgehead atoms. The van der Waals surface area contributed by atoms with Crippen molar-refractivity contribution in [2.75, 3.05) is 0 Å². The maximum Gasteiger partial charge on any atom is -1.00 e. The van der Waals surface area contributed by atoms with E-state index in [-0.39, 0.29) is 47.3 Å². The van der Waals surface area contributed by atoms with Gasteiger partial charge in [-0.2, -0.15) is 28.8 Å². The molecule has 5 aromatic rings. The van der Waals surface area contributed by atoms with Gasteiger partial charge in [0.1, 0.15) is 0 Å². The topological polar surface area (TPSA) is 0 Å². The smallest absolute Gasteiger partial charge is 1.00 e. The molecule has 5 aromatic carbocycles. The standard InChI is InChI=1S/C25H25.C13H8F2.C11H17.2ClH.Zr/c1-14-12-24(3,4)22-8-16-7-17-9-23-19(15(2)13-25(23,5)6)11-21(17)20(16)10-18(14)22;14-12-5-1-3-10(8-12)7-11-4-2-6-13(15)9-11;1-5-9-6-7-10(8-9)11(2,3)4;;;/h8-12H,7H2,1-6H3;1-6,8-9H;6-8H,5H2,1-4H3;2*1H;/q-1;;-1;;;+2/p-2. The Morgan fingerprint density at radius 2 is 1.30 bits per heavy atom. The van der Waals surface area contributed by atoms with Crippen molar-refractivity contribution in [3.8, 4) is 11.1 Å². The number of allylic oxidation sites excluding steroid dienone is 4. The van der Waals surface area contributed by atoms with Crippen molar-refractivity contribution < 1.29 is 57.8 Å². The third kappa shape index (κ3) is 8.96. The van der Waals surface area contributed by atoms with Crippen molar-refractivity contribution in [3.63, 3.8) is 0 Å². The van der Waals surface area contributed by atoms with Gasteiger partial charge in [-0.25, -0.2) is 11.6 Å². The zero-order valence-electron chi connectivity index (χ0n) is 33.2. The Morgan fingerprint density at radius 1 is 0.759 bits per heavy atom. The molecule has 0 fully saturated rings. The molecule has 0 aliphatic heterocycles. The summed E-state index contributed by atoms with van der Waals surface area (Å²) >= 11 is 1.13. The molecule has 0 unspecified atom stereocenters. The van der Waals surface area contributed by atoms with Gasteiger partial charge in [0.15, 0.2) is 0 Å². The molecule has 8 rings (SSSR count). The summed E-state index contributed by atoms with van der Waals surface area (Å²) in [6, 6.07) is 29.3. The first-order valence-electron chi connectivity index (χ1n) is 18.4. The van der Waals surface area contributed by atoms with Crippen LogP contribution in [0.5, 0.6) is 0 Å². The third-order valence-corrected chi connectivity index (χ3v) is 12.2. The van der Waals surface area contributed by atoms with Crippen LogP contribution in [-0.4, -0.2) is 3.21 Å². The van der Waals surface area contributed by atoms with Crippen LogP contribution in [-0.2, 0) is 53.3 Å². The number of hydrogen-bond donors (Lipinski definition) is 0. The number of aryl methyl sites for hydroxylation is 1. The van der Waals surface area contributed by atoms with E-state index >= 15 is 0 Å². The Morgan fingerprint density at radius 3 is 1.78 bits per heavy atom. The first kappa shape index (κ1) is 43.6. The number of fused-ring (bicyclic) bond motifs is 5. The van der Waals surface area contributed by atoms with Gasteiger partial charge in [0, 0.05) is 5.41 Å². The number of rotatable bonds is 3. The molecule has 0 amide bonds. The van der Waals surface area contributed by atoms with Crippen molar-refractivity contribution in [2.24, 2.45) is 0 Å². The van der Waals surface area contributed by atoms with Crippen LogP contribution in [0.25, 0.3) is 22.3 Å². The van der Waals surface area contributed by atoms with E-state index in [1.54, 1.807) is 12.1 Å². The summed E-state index contributed by atoms with van der Waals surface area (Å²) in [5, 5.41) is 0. The summed E-state index contributed by atoms with van der Waals surface area (Å²) in [5.41, 5.74) is 19.4. The molecule has 0 atom stereocenters. The van der Waals surface area contributed by atoms with Crippen LogP contribution in [0.3, 0.4) is 0 Å². The first-order chi connectivity index (χ1) is 24.4. The Hall–Kier alpha value is -3.10. The molecule has 280 valence electrons. The van der Waals surface area contributed by atoms with E-state index in [1.807, 2.05) is 12.1 Å². The van der Waals surface area contributed by atoms with E-state index in [4.69, 9.17) is 0 Å². The van der Waals surface area contributed by atoms with Gasteiger partial charge >= 0.3 is 108 Å². The largest absolute Gasteiger partial charge is 1.00 e. The molecule has 0 saturated heterocycles. The number of benzene rings is 4. The summed E-state index contributed by atoms with van der Waals surface area (Å²) in [5.74, 6) is -0.539. The summed E-state index contributed by atoms with van der Waals surface area (Å²) < 4.78 is 27.0. The summed E-state index contributed by atoms with van der Waals surface area (Å²) in [6.07, 6.45) is 8.28. The first-order valence-corrected chi connectivity index (χ1v) is 19.6. The number of hydrogen-bond acceptors (Lipinski definition) is 0.